The average Bonchev–Trinajstić information content (AvgIpc) is 2.53. The maximum absolute atomic E-state index is 9.17. The van der Waals surface area contributed by atoms with Gasteiger partial charge >= 0.3 is 0 Å². The molecule has 4 nitrogen and oxygen atoms in total. The van der Waals surface area contributed by atoms with E-state index in [4.69, 9.17) is 10.7 Å². The normalized spacial score (nSPS) is 9.75. The number of benzene rings is 1. The van der Waals surface area contributed by atoms with E-state index >= 15 is 0 Å². The van der Waals surface area contributed by atoms with E-state index in [9.17, 15) is 0 Å². The van der Waals surface area contributed by atoms with Crippen molar-refractivity contribution in [2.24, 2.45) is 0 Å². The summed E-state index contributed by atoms with van der Waals surface area (Å²) in [4.78, 5) is 6.47. The Morgan fingerprint density at radius 3 is 2.55 bits per heavy atom. The fourth-order valence-corrected chi connectivity index (χ4v) is 2.51. The highest BCUT2D eigenvalue weighted by molar-refractivity contribution is 7.99. The Kier molecular flexibility index (Phi) is 5.15. The lowest BCUT2D eigenvalue weighted by Crippen LogP contribution is -2.28. The molecule has 2 aromatic rings. The van der Waals surface area contributed by atoms with Crippen molar-refractivity contribution in [1.29, 1.82) is 10.7 Å². The van der Waals surface area contributed by atoms with Gasteiger partial charge in [0.05, 0.1) is 0 Å². The Morgan fingerprint density at radius 1 is 1.20 bits per heavy atom. The summed E-state index contributed by atoms with van der Waals surface area (Å²) >= 11 is 1.67. The fourth-order valence-electron chi connectivity index (χ4n) is 1.65. The van der Waals surface area contributed by atoms with Crippen LogP contribution in [-0.2, 0) is 0 Å². The molecule has 0 spiro atoms. The molecule has 0 amide bonds. The van der Waals surface area contributed by atoms with E-state index < -0.39 is 0 Å². The Hall–Kier alpha value is -2.32. The first kappa shape index (κ1) is 14.1. The zero-order chi connectivity index (χ0) is 14.2. The van der Waals surface area contributed by atoms with Crippen molar-refractivity contribution in [3.05, 3.63) is 60.4 Å². The van der Waals surface area contributed by atoms with Crippen LogP contribution in [0.4, 0.5) is 0 Å². The maximum atomic E-state index is 9.17. The van der Waals surface area contributed by atoms with Gasteiger partial charge in [0.15, 0.2) is 6.19 Å². The molecule has 0 aliphatic carbocycles. The van der Waals surface area contributed by atoms with Crippen LogP contribution in [0.3, 0.4) is 0 Å². The van der Waals surface area contributed by atoms with Crippen molar-refractivity contribution in [1.82, 2.24) is 9.88 Å². The van der Waals surface area contributed by atoms with E-state index in [1.807, 2.05) is 30.3 Å². The summed E-state index contributed by atoms with van der Waals surface area (Å²) in [5.74, 6) is 0.967. The van der Waals surface area contributed by atoms with Crippen molar-refractivity contribution in [3.63, 3.8) is 0 Å². The zero-order valence-electron chi connectivity index (χ0n) is 10.9. The summed E-state index contributed by atoms with van der Waals surface area (Å²) in [6.45, 7) is 0.511. The second kappa shape index (κ2) is 7.31. The van der Waals surface area contributed by atoms with Crippen molar-refractivity contribution in [3.8, 4) is 6.19 Å². The first-order valence-corrected chi connectivity index (χ1v) is 7.14. The number of rotatable bonds is 5. The molecule has 1 N–H and O–H groups in total. The van der Waals surface area contributed by atoms with Crippen LogP contribution >= 0.6 is 11.8 Å². The summed E-state index contributed by atoms with van der Waals surface area (Å²) in [6.07, 6.45) is 5.31. The van der Waals surface area contributed by atoms with E-state index in [1.54, 1.807) is 36.3 Å². The molecule has 0 saturated heterocycles. The van der Waals surface area contributed by atoms with Crippen LogP contribution in [0.5, 0.6) is 0 Å². The first-order valence-electron chi connectivity index (χ1n) is 6.15. The number of amidine groups is 1. The van der Waals surface area contributed by atoms with E-state index in [1.165, 1.54) is 9.80 Å². The van der Waals surface area contributed by atoms with Gasteiger partial charge in [0.2, 0.25) is 0 Å². The van der Waals surface area contributed by atoms with Crippen molar-refractivity contribution in [2.45, 2.75) is 4.90 Å². The Morgan fingerprint density at radius 2 is 1.90 bits per heavy atom. The third-order valence-corrected chi connectivity index (χ3v) is 3.66. The van der Waals surface area contributed by atoms with Crippen LogP contribution in [-0.4, -0.2) is 28.0 Å². The first-order chi connectivity index (χ1) is 9.81. The topological polar surface area (TPSA) is 63.8 Å². The van der Waals surface area contributed by atoms with Crippen LogP contribution in [0.15, 0.2) is 59.8 Å². The predicted octanol–water partition coefficient (Wildman–Crippen LogP) is 2.98. The number of aromatic nitrogens is 1. The Bertz CT molecular complexity index is 592. The molecule has 0 fully saturated rings. The minimum absolute atomic E-state index is 0.212. The third-order valence-electron chi connectivity index (χ3n) is 2.67. The number of hydrogen-bond acceptors (Lipinski definition) is 4. The molecule has 0 aliphatic rings. The number of thioether (sulfide) groups is 1. The van der Waals surface area contributed by atoms with Crippen LogP contribution in [0, 0.1) is 16.9 Å². The molecule has 100 valence electrons. The highest BCUT2D eigenvalue weighted by atomic mass is 32.2. The maximum Gasteiger partial charge on any atom is 0.185 e. The fraction of sp³-hybridized carbons (Fsp3) is 0.133. The van der Waals surface area contributed by atoms with Crippen LogP contribution in [0.25, 0.3) is 0 Å². The third kappa shape index (κ3) is 3.84. The van der Waals surface area contributed by atoms with Crippen LogP contribution in [0.1, 0.15) is 5.56 Å². The summed E-state index contributed by atoms with van der Waals surface area (Å²) in [5.41, 5.74) is 0.700. The number of hydrogen-bond donors (Lipinski definition) is 1. The lowest BCUT2D eigenvalue weighted by molar-refractivity contribution is 0.611. The van der Waals surface area contributed by atoms with Gasteiger partial charge in [0, 0.05) is 35.2 Å². The Balaban J connectivity index is 1.90. The summed E-state index contributed by atoms with van der Waals surface area (Å²) in [7, 11) is 0. The molecule has 1 heterocycles. The van der Waals surface area contributed by atoms with Crippen molar-refractivity contribution in [2.75, 3.05) is 12.3 Å². The van der Waals surface area contributed by atoms with Gasteiger partial charge in [-0.1, -0.05) is 18.2 Å². The molecule has 0 unspecified atom stereocenters. The van der Waals surface area contributed by atoms with E-state index in [0.29, 0.717) is 12.1 Å². The highest BCUT2D eigenvalue weighted by Crippen LogP contribution is 2.17. The van der Waals surface area contributed by atoms with Crippen molar-refractivity contribution < 1.29 is 0 Å². The molecule has 0 bridgehead atoms. The molecule has 0 saturated carbocycles. The number of nitriles is 1. The number of nitrogens with zero attached hydrogens (tertiary/aromatic N) is 3. The second-order valence-electron chi connectivity index (χ2n) is 4.00. The van der Waals surface area contributed by atoms with Gasteiger partial charge in [0.25, 0.3) is 0 Å². The largest absolute Gasteiger partial charge is 0.283 e. The quantitative estimate of drug-likeness (QED) is 0.301. The van der Waals surface area contributed by atoms with Gasteiger partial charge in [-0.15, -0.1) is 11.8 Å². The number of pyridine rings is 1. The minimum Gasteiger partial charge on any atom is -0.283 e. The molecule has 20 heavy (non-hydrogen) atoms. The second-order valence-corrected chi connectivity index (χ2v) is 5.17. The predicted molar refractivity (Wildman–Crippen MR) is 80.6 cm³/mol. The SMILES string of the molecule is N#CN(CCSc1ccccc1)C(=N)c1ccncc1. The molecular weight excluding hydrogens is 268 g/mol. The van der Waals surface area contributed by atoms with Gasteiger partial charge in [-0.25, -0.2) is 0 Å². The summed E-state index contributed by atoms with van der Waals surface area (Å²) < 4.78 is 0. The van der Waals surface area contributed by atoms with E-state index in [-0.39, 0.29) is 5.84 Å². The van der Waals surface area contributed by atoms with Gasteiger partial charge in [0.1, 0.15) is 5.84 Å². The Labute approximate surface area is 122 Å². The molecule has 0 aliphatic heterocycles. The van der Waals surface area contributed by atoms with Gasteiger partial charge < -0.3 is 0 Å². The monoisotopic (exact) mass is 282 g/mol. The zero-order valence-corrected chi connectivity index (χ0v) is 11.7. The molecule has 2 rings (SSSR count). The van der Waals surface area contributed by atoms with Crippen LogP contribution < -0.4 is 0 Å². The average molecular weight is 282 g/mol. The number of nitrogens with one attached hydrogen (secondary N) is 1. The van der Waals surface area contributed by atoms with Crippen molar-refractivity contribution >= 4 is 17.6 Å². The lowest BCUT2D eigenvalue weighted by Gasteiger charge is -2.16. The van der Waals surface area contributed by atoms with E-state index in [0.717, 1.165) is 5.75 Å². The van der Waals surface area contributed by atoms with E-state index in [2.05, 4.69) is 11.2 Å². The standard InChI is InChI=1S/C15H14N4S/c16-12-19(15(17)13-6-8-18-9-7-13)10-11-20-14-4-2-1-3-5-14/h1-9,17H,10-11H2. The minimum atomic E-state index is 0.212. The molecule has 0 atom stereocenters. The molecule has 1 aromatic heterocycles. The molecule has 5 heteroatoms. The molecular formula is C15H14N4S. The van der Waals surface area contributed by atoms with Gasteiger partial charge in [-0.2, -0.15) is 5.26 Å². The smallest absolute Gasteiger partial charge is 0.185 e. The molecule has 1 aromatic carbocycles. The summed E-state index contributed by atoms with van der Waals surface area (Å²) in [5, 5.41) is 17.2. The summed E-state index contributed by atoms with van der Waals surface area (Å²) in [6, 6.07) is 13.5. The van der Waals surface area contributed by atoms with Crippen LogP contribution in [0.2, 0.25) is 0 Å². The highest BCUT2D eigenvalue weighted by Gasteiger charge is 2.10. The molecule has 0 radical (unpaired) electrons. The van der Waals surface area contributed by atoms with Gasteiger partial charge in [-0.3, -0.25) is 15.3 Å². The lowest BCUT2D eigenvalue weighted by atomic mass is 10.2. The van der Waals surface area contributed by atoms with Gasteiger partial charge in [-0.05, 0) is 24.3 Å².